The van der Waals surface area contributed by atoms with E-state index >= 15 is 0 Å². The van der Waals surface area contributed by atoms with Gasteiger partial charge in [-0.3, -0.25) is 10.2 Å². The average molecular weight is 295 g/mol. The highest BCUT2D eigenvalue weighted by Gasteiger charge is 2.24. The van der Waals surface area contributed by atoms with Crippen LogP contribution in [0.4, 0.5) is 5.69 Å². The van der Waals surface area contributed by atoms with Gasteiger partial charge in [-0.15, -0.1) is 0 Å². The summed E-state index contributed by atoms with van der Waals surface area (Å²) in [6.45, 7) is 1.75. The normalized spacial score (nSPS) is 15.3. The van der Waals surface area contributed by atoms with Crippen molar-refractivity contribution in [2.75, 3.05) is 32.6 Å². The zero-order valence-electron chi connectivity index (χ0n) is 11.8. The lowest BCUT2D eigenvalue weighted by molar-refractivity contribution is -0.122. The Hall–Kier alpha value is -1.75. The molecule has 1 saturated heterocycles. The van der Waals surface area contributed by atoms with Gasteiger partial charge >= 0.3 is 0 Å². The number of carbonyl (C=O) groups is 1. The molecule has 0 aliphatic carbocycles. The van der Waals surface area contributed by atoms with Crippen molar-refractivity contribution in [3.8, 4) is 0 Å². The molecule has 1 heterocycles. The first kappa shape index (κ1) is 14.7. The predicted molar refractivity (Wildman–Crippen MR) is 82.0 cm³/mol. The second kappa shape index (κ2) is 6.61. The Labute approximate surface area is 124 Å². The molecular formula is C14H19ClN4O. The van der Waals surface area contributed by atoms with Crippen LogP contribution < -0.4 is 5.43 Å². The first-order valence-corrected chi connectivity index (χ1v) is 7.01. The summed E-state index contributed by atoms with van der Waals surface area (Å²) in [5.74, 6) is 0.371. The van der Waals surface area contributed by atoms with Gasteiger partial charge in [-0.2, -0.15) is 5.10 Å². The minimum atomic E-state index is -0.0895. The first-order valence-electron chi connectivity index (χ1n) is 6.64. The molecule has 20 heavy (non-hydrogen) atoms. The molecule has 1 amide bonds. The van der Waals surface area contributed by atoms with Gasteiger partial charge < -0.3 is 9.80 Å². The predicted octanol–water partition coefficient (Wildman–Crippen LogP) is 2.25. The number of amidine groups is 1. The molecule has 1 aromatic carbocycles. The highest BCUT2D eigenvalue weighted by atomic mass is 35.5. The fourth-order valence-electron chi connectivity index (χ4n) is 2.02. The van der Waals surface area contributed by atoms with Gasteiger partial charge in [0.25, 0.3) is 5.91 Å². The van der Waals surface area contributed by atoms with Gasteiger partial charge in [-0.1, -0.05) is 11.6 Å². The topological polar surface area (TPSA) is 47.9 Å². The minimum Gasteiger partial charge on any atom is -0.351 e. The Kier molecular flexibility index (Phi) is 4.84. The number of likely N-dealkylation sites (tertiary alicyclic amines) is 1. The zero-order valence-corrected chi connectivity index (χ0v) is 12.5. The van der Waals surface area contributed by atoms with Crippen LogP contribution in [0.25, 0.3) is 0 Å². The molecule has 0 atom stereocenters. The van der Waals surface area contributed by atoms with Crippen LogP contribution in [0.2, 0.25) is 5.02 Å². The highest BCUT2D eigenvalue weighted by molar-refractivity contribution is 6.37. The molecule has 1 aromatic rings. The SMILES string of the molecule is CN(C)C(=O)/C(=N/Nc1ccc(Cl)cc1)N1CCCC1. The number of carbonyl (C=O) groups excluding carboxylic acids is 1. The third-order valence-electron chi connectivity index (χ3n) is 3.14. The van der Waals surface area contributed by atoms with Gasteiger partial charge in [0.1, 0.15) is 0 Å². The second-order valence-electron chi connectivity index (χ2n) is 4.95. The minimum absolute atomic E-state index is 0.0895. The molecule has 108 valence electrons. The summed E-state index contributed by atoms with van der Waals surface area (Å²) in [4.78, 5) is 15.8. The number of hydrogen-bond donors (Lipinski definition) is 1. The molecule has 0 bridgehead atoms. The van der Waals surface area contributed by atoms with Gasteiger partial charge in [0.15, 0.2) is 0 Å². The molecule has 1 aliphatic rings. The smallest absolute Gasteiger partial charge is 0.290 e. The number of benzene rings is 1. The Bertz CT molecular complexity index is 492. The molecule has 0 radical (unpaired) electrons. The van der Waals surface area contributed by atoms with E-state index in [2.05, 4.69) is 10.5 Å². The molecular weight excluding hydrogens is 276 g/mol. The summed E-state index contributed by atoms with van der Waals surface area (Å²) in [6, 6.07) is 7.21. The third-order valence-corrected chi connectivity index (χ3v) is 3.39. The summed E-state index contributed by atoms with van der Waals surface area (Å²) in [5.41, 5.74) is 3.73. The van der Waals surface area contributed by atoms with Crippen LogP contribution in [0.15, 0.2) is 29.4 Å². The average Bonchev–Trinajstić information content (AvgIpc) is 2.94. The summed E-state index contributed by atoms with van der Waals surface area (Å²) in [7, 11) is 3.46. The number of hydrazone groups is 1. The van der Waals surface area contributed by atoms with Crippen molar-refractivity contribution in [1.29, 1.82) is 0 Å². The number of nitrogens with zero attached hydrogens (tertiary/aromatic N) is 3. The second-order valence-corrected chi connectivity index (χ2v) is 5.38. The fraction of sp³-hybridized carbons (Fsp3) is 0.429. The molecule has 2 rings (SSSR count). The van der Waals surface area contributed by atoms with Gasteiger partial charge in [0.05, 0.1) is 5.69 Å². The first-order chi connectivity index (χ1) is 9.58. The standard InChI is InChI=1S/C14H19ClN4O/c1-18(2)14(20)13(19-9-3-4-10-19)17-16-12-7-5-11(15)6-8-12/h5-8,16H,3-4,9-10H2,1-2H3/b17-13-. The van der Waals surface area contributed by atoms with Crippen molar-refractivity contribution in [2.45, 2.75) is 12.8 Å². The summed E-state index contributed by atoms with van der Waals surface area (Å²) in [6.07, 6.45) is 2.20. The van der Waals surface area contributed by atoms with Crippen molar-refractivity contribution in [3.63, 3.8) is 0 Å². The van der Waals surface area contributed by atoms with E-state index in [0.29, 0.717) is 10.9 Å². The molecule has 0 unspecified atom stereocenters. The lowest BCUT2D eigenvalue weighted by Gasteiger charge is -2.21. The lowest BCUT2D eigenvalue weighted by Crippen LogP contribution is -2.41. The van der Waals surface area contributed by atoms with Gasteiger partial charge in [-0.05, 0) is 37.1 Å². The van der Waals surface area contributed by atoms with E-state index in [1.807, 2.05) is 17.0 Å². The van der Waals surface area contributed by atoms with Crippen LogP contribution >= 0.6 is 11.6 Å². The summed E-state index contributed by atoms with van der Waals surface area (Å²) < 4.78 is 0. The number of nitrogens with one attached hydrogen (secondary N) is 1. The molecule has 6 heteroatoms. The van der Waals surface area contributed by atoms with Gasteiger partial charge in [-0.25, -0.2) is 0 Å². The Morgan fingerprint density at radius 2 is 1.85 bits per heavy atom. The largest absolute Gasteiger partial charge is 0.351 e. The van der Waals surface area contributed by atoms with Gasteiger partial charge in [0.2, 0.25) is 5.84 Å². The van der Waals surface area contributed by atoms with E-state index in [0.717, 1.165) is 31.6 Å². The van der Waals surface area contributed by atoms with Crippen molar-refractivity contribution in [1.82, 2.24) is 9.80 Å². The van der Waals surface area contributed by atoms with E-state index in [9.17, 15) is 4.79 Å². The Morgan fingerprint density at radius 1 is 1.25 bits per heavy atom. The van der Waals surface area contributed by atoms with E-state index in [1.54, 1.807) is 31.1 Å². The van der Waals surface area contributed by atoms with Crippen molar-refractivity contribution < 1.29 is 4.79 Å². The Morgan fingerprint density at radius 3 is 2.40 bits per heavy atom. The van der Waals surface area contributed by atoms with Crippen molar-refractivity contribution in [2.24, 2.45) is 5.10 Å². The number of anilines is 1. The summed E-state index contributed by atoms with van der Waals surface area (Å²) >= 11 is 5.84. The van der Waals surface area contributed by atoms with Crippen molar-refractivity contribution in [3.05, 3.63) is 29.3 Å². The maximum atomic E-state index is 12.2. The highest BCUT2D eigenvalue weighted by Crippen LogP contribution is 2.14. The van der Waals surface area contributed by atoms with Gasteiger partial charge in [0, 0.05) is 32.2 Å². The molecule has 0 aromatic heterocycles. The Balaban J connectivity index is 2.14. The number of likely N-dealkylation sites (N-methyl/N-ethyl adjacent to an activating group) is 1. The van der Waals surface area contributed by atoms with Crippen LogP contribution in [-0.2, 0) is 4.79 Å². The number of rotatable bonds is 2. The van der Waals surface area contributed by atoms with E-state index in [4.69, 9.17) is 11.6 Å². The fourth-order valence-corrected chi connectivity index (χ4v) is 2.15. The number of halogens is 1. The zero-order chi connectivity index (χ0) is 14.5. The van der Waals surface area contributed by atoms with Crippen LogP contribution in [0.3, 0.4) is 0 Å². The van der Waals surface area contributed by atoms with Crippen molar-refractivity contribution >= 4 is 29.0 Å². The quantitative estimate of drug-likeness (QED) is 0.517. The maximum Gasteiger partial charge on any atom is 0.290 e. The third kappa shape index (κ3) is 3.63. The molecule has 1 aliphatic heterocycles. The molecule has 1 N–H and O–H groups in total. The molecule has 1 fully saturated rings. The molecule has 5 nitrogen and oxygen atoms in total. The lowest BCUT2D eigenvalue weighted by atomic mass is 10.3. The van der Waals surface area contributed by atoms with Crippen LogP contribution in [0, 0.1) is 0 Å². The number of hydrogen-bond acceptors (Lipinski definition) is 3. The summed E-state index contributed by atoms with van der Waals surface area (Å²) in [5, 5.41) is 4.96. The maximum absolute atomic E-state index is 12.2. The van der Waals surface area contributed by atoms with Crippen LogP contribution in [0.5, 0.6) is 0 Å². The molecule has 0 spiro atoms. The van der Waals surface area contributed by atoms with E-state index < -0.39 is 0 Å². The number of amides is 1. The molecule has 0 saturated carbocycles. The van der Waals surface area contributed by atoms with E-state index in [1.165, 1.54) is 0 Å². The monoisotopic (exact) mass is 294 g/mol. The van der Waals surface area contributed by atoms with Crippen LogP contribution in [0.1, 0.15) is 12.8 Å². The van der Waals surface area contributed by atoms with E-state index in [-0.39, 0.29) is 5.91 Å². The van der Waals surface area contributed by atoms with Crippen LogP contribution in [-0.4, -0.2) is 48.7 Å².